The quantitative estimate of drug-likeness (QED) is 0.0483. The molecule has 0 amide bonds. The molecule has 0 aliphatic carbocycles. The number of carbonyl (C=O) groups excluding carboxylic acids is 1. The fourth-order valence-electron chi connectivity index (χ4n) is 3.01. The molecule has 0 N–H and O–H groups in total. The van der Waals surface area contributed by atoms with Crippen LogP contribution in [0, 0.1) is 0 Å². The summed E-state index contributed by atoms with van der Waals surface area (Å²) in [7, 11) is 0. The average Bonchev–Trinajstić information content (AvgIpc) is 2.86. The van der Waals surface area contributed by atoms with Crippen molar-refractivity contribution < 1.29 is 38.0 Å². The number of unbranched alkanes of at least 4 members (excludes halogenated alkanes) is 7. The summed E-state index contributed by atoms with van der Waals surface area (Å²) in [5.41, 5.74) is 0. The van der Waals surface area contributed by atoms with Gasteiger partial charge in [0.25, 0.3) is 0 Å². The van der Waals surface area contributed by atoms with Gasteiger partial charge < -0.3 is 33.2 Å². The van der Waals surface area contributed by atoms with Crippen LogP contribution in [0.4, 0.5) is 0 Å². The lowest BCUT2D eigenvalue weighted by molar-refractivity contribution is -0.145. The molecular formula is C26H51IO8. The summed E-state index contributed by atoms with van der Waals surface area (Å²) in [6, 6.07) is 0. The van der Waals surface area contributed by atoms with Gasteiger partial charge in [-0.15, -0.1) is 0 Å². The van der Waals surface area contributed by atoms with Crippen LogP contribution in [0.15, 0.2) is 0 Å². The third kappa shape index (κ3) is 31.9. The Kier molecular flexibility index (Phi) is 32.0. The predicted molar refractivity (Wildman–Crippen MR) is 147 cm³/mol. The highest BCUT2D eigenvalue weighted by Gasteiger charge is 2.02. The van der Waals surface area contributed by atoms with Gasteiger partial charge in [-0.3, -0.25) is 4.79 Å². The maximum atomic E-state index is 11.6. The van der Waals surface area contributed by atoms with E-state index in [1.54, 1.807) is 0 Å². The summed E-state index contributed by atoms with van der Waals surface area (Å²) >= 11 is 2.42. The second-order valence-electron chi connectivity index (χ2n) is 8.16. The van der Waals surface area contributed by atoms with Gasteiger partial charge in [-0.05, 0) is 23.7 Å². The third-order valence-electron chi connectivity index (χ3n) is 5.01. The van der Waals surface area contributed by atoms with Crippen molar-refractivity contribution >= 4 is 28.6 Å². The van der Waals surface area contributed by atoms with Gasteiger partial charge in [0, 0.05) is 13.0 Å². The molecule has 0 fully saturated rings. The molecule has 9 heteroatoms. The average molecular weight is 619 g/mol. The Morgan fingerprint density at radius 3 is 1.37 bits per heavy atom. The van der Waals surface area contributed by atoms with Crippen LogP contribution in [0.3, 0.4) is 0 Å². The van der Waals surface area contributed by atoms with Crippen molar-refractivity contribution in [1.82, 2.24) is 0 Å². The topological polar surface area (TPSA) is 81.7 Å². The normalized spacial score (nSPS) is 11.3. The summed E-state index contributed by atoms with van der Waals surface area (Å²) in [6.45, 7) is 9.15. The Bertz CT molecular complexity index is 415. The monoisotopic (exact) mass is 618 g/mol. The Labute approximate surface area is 227 Å². The van der Waals surface area contributed by atoms with Crippen LogP contribution in [-0.2, 0) is 38.0 Å². The van der Waals surface area contributed by atoms with Crippen molar-refractivity contribution in [2.45, 2.75) is 71.1 Å². The van der Waals surface area contributed by atoms with E-state index in [0.29, 0.717) is 85.7 Å². The molecular weight excluding hydrogens is 567 g/mol. The minimum Gasteiger partial charge on any atom is -0.463 e. The summed E-state index contributed by atoms with van der Waals surface area (Å²) in [5, 5.41) is 0. The first kappa shape index (κ1) is 35.0. The van der Waals surface area contributed by atoms with E-state index in [0.717, 1.165) is 25.9 Å². The van der Waals surface area contributed by atoms with Crippen LogP contribution in [-0.4, -0.2) is 96.3 Å². The van der Waals surface area contributed by atoms with Crippen molar-refractivity contribution in [3.05, 3.63) is 0 Å². The van der Waals surface area contributed by atoms with Crippen LogP contribution in [0.25, 0.3) is 0 Å². The molecule has 0 aromatic heterocycles. The largest absolute Gasteiger partial charge is 0.463 e. The van der Waals surface area contributed by atoms with E-state index in [4.69, 9.17) is 33.2 Å². The highest BCUT2D eigenvalue weighted by atomic mass is 127. The number of esters is 1. The van der Waals surface area contributed by atoms with Gasteiger partial charge in [0.05, 0.1) is 72.7 Å². The van der Waals surface area contributed by atoms with Gasteiger partial charge in [0.2, 0.25) is 0 Å². The van der Waals surface area contributed by atoms with E-state index in [2.05, 4.69) is 29.5 Å². The minimum atomic E-state index is -0.136. The van der Waals surface area contributed by atoms with Crippen molar-refractivity contribution in [1.29, 1.82) is 0 Å². The van der Waals surface area contributed by atoms with Gasteiger partial charge in [0.1, 0.15) is 6.61 Å². The third-order valence-corrected chi connectivity index (χ3v) is 5.77. The first-order valence-corrected chi connectivity index (χ1v) is 15.0. The van der Waals surface area contributed by atoms with E-state index in [9.17, 15) is 4.79 Å². The van der Waals surface area contributed by atoms with Gasteiger partial charge in [-0.2, -0.15) is 0 Å². The maximum absolute atomic E-state index is 11.6. The van der Waals surface area contributed by atoms with E-state index in [1.165, 1.54) is 43.0 Å². The number of carbonyl (C=O) groups is 1. The summed E-state index contributed by atoms with van der Waals surface area (Å²) in [6.07, 6.45) is 11.1. The maximum Gasteiger partial charge on any atom is 0.305 e. The molecule has 0 radical (unpaired) electrons. The fraction of sp³-hybridized carbons (Fsp3) is 0.962. The molecule has 0 aromatic carbocycles. The molecule has 0 saturated heterocycles. The van der Waals surface area contributed by atoms with E-state index >= 15 is 0 Å². The van der Waals surface area contributed by atoms with E-state index < -0.39 is 0 Å². The fourth-order valence-corrected chi connectivity index (χ4v) is 3.55. The molecule has 0 aliphatic heterocycles. The number of alkyl halides is 1. The zero-order valence-electron chi connectivity index (χ0n) is 22.1. The predicted octanol–water partition coefficient (Wildman–Crippen LogP) is 4.99. The number of halogens is 1. The van der Waals surface area contributed by atoms with Crippen LogP contribution < -0.4 is 0 Å². The smallest absolute Gasteiger partial charge is 0.305 e. The lowest BCUT2D eigenvalue weighted by atomic mass is 10.1. The molecule has 0 unspecified atom stereocenters. The molecule has 0 saturated carbocycles. The van der Waals surface area contributed by atoms with Gasteiger partial charge in [-0.25, -0.2) is 0 Å². The molecule has 0 atom stereocenters. The van der Waals surface area contributed by atoms with Crippen LogP contribution in [0.5, 0.6) is 0 Å². The number of hydrogen-bond acceptors (Lipinski definition) is 8. The summed E-state index contributed by atoms with van der Waals surface area (Å²) in [5.74, 6) is -0.136. The Morgan fingerprint density at radius 1 is 0.486 bits per heavy atom. The first-order valence-electron chi connectivity index (χ1n) is 13.5. The van der Waals surface area contributed by atoms with Crippen molar-refractivity contribution in [2.24, 2.45) is 0 Å². The molecule has 0 rings (SSSR count). The first-order chi connectivity index (χ1) is 17.3. The van der Waals surface area contributed by atoms with Crippen LogP contribution in [0.1, 0.15) is 71.1 Å². The highest BCUT2D eigenvalue weighted by Crippen LogP contribution is 2.05. The zero-order valence-corrected chi connectivity index (χ0v) is 24.3. The highest BCUT2D eigenvalue weighted by molar-refractivity contribution is 14.1. The molecule has 35 heavy (non-hydrogen) atoms. The number of ether oxygens (including phenoxy) is 7. The summed E-state index contributed by atoms with van der Waals surface area (Å²) in [4.78, 5) is 11.6. The molecule has 210 valence electrons. The van der Waals surface area contributed by atoms with Crippen molar-refractivity contribution in [3.8, 4) is 0 Å². The second-order valence-corrected chi connectivity index (χ2v) is 9.24. The lowest BCUT2D eigenvalue weighted by Gasteiger charge is -2.08. The molecule has 0 spiro atoms. The number of rotatable bonds is 30. The van der Waals surface area contributed by atoms with Gasteiger partial charge in [-0.1, -0.05) is 68.0 Å². The molecule has 8 nitrogen and oxygen atoms in total. The molecule has 0 aromatic rings. The van der Waals surface area contributed by atoms with Crippen LogP contribution >= 0.6 is 22.6 Å². The SMILES string of the molecule is CCCCCCCC(=O)OCCOCCOCCOCCOCCOCCOCCCCCCI. The number of hydrogen-bond donors (Lipinski definition) is 0. The molecule has 0 aliphatic rings. The second kappa shape index (κ2) is 32.0. The van der Waals surface area contributed by atoms with E-state index in [1.807, 2.05) is 0 Å². The van der Waals surface area contributed by atoms with Gasteiger partial charge in [0.15, 0.2) is 0 Å². The van der Waals surface area contributed by atoms with Crippen LogP contribution in [0.2, 0.25) is 0 Å². The van der Waals surface area contributed by atoms with Crippen molar-refractivity contribution in [2.75, 3.05) is 90.3 Å². The van der Waals surface area contributed by atoms with E-state index in [-0.39, 0.29) is 5.97 Å². The Morgan fingerprint density at radius 2 is 0.886 bits per heavy atom. The Balaban J connectivity index is 3.08. The molecule has 0 bridgehead atoms. The van der Waals surface area contributed by atoms with Crippen molar-refractivity contribution in [3.63, 3.8) is 0 Å². The zero-order chi connectivity index (χ0) is 25.5. The van der Waals surface area contributed by atoms with Gasteiger partial charge >= 0.3 is 5.97 Å². The molecule has 0 heterocycles. The standard InChI is InChI=1S/C26H51IO8/c1-2-3-4-5-8-11-26(28)35-25-24-34-23-22-33-21-20-32-19-18-31-17-16-30-15-14-29-13-10-7-6-9-12-27/h2-25H2,1H3. The minimum absolute atomic E-state index is 0.136. The lowest BCUT2D eigenvalue weighted by Crippen LogP contribution is -2.15. The summed E-state index contributed by atoms with van der Waals surface area (Å²) < 4.78 is 39.2. The Hall–Kier alpha value is -0.0400.